The average Bonchev–Trinajstić information content (AvgIpc) is 3.31. The van der Waals surface area contributed by atoms with Gasteiger partial charge in [-0.2, -0.15) is 31.1 Å². The van der Waals surface area contributed by atoms with Gasteiger partial charge in [0.2, 0.25) is 0 Å². The minimum Gasteiger partial charge on any atom is -0.481 e. The van der Waals surface area contributed by atoms with Crippen molar-refractivity contribution in [2.24, 2.45) is 18.9 Å². The van der Waals surface area contributed by atoms with Gasteiger partial charge >= 0.3 is 18.3 Å². The Balaban J connectivity index is 1.55. The smallest absolute Gasteiger partial charge is 0.416 e. The summed E-state index contributed by atoms with van der Waals surface area (Å²) in [6.07, 6.45) is -5.04. The number of fused-ring (bicyclic) bond motifs is 1. The normalized spacial score (nSPS) is 20.7. The number of aliphatic carboxylic acids is 1. The lowest BCUT2D eigenvalue weighted by Gasteiger charge is -2.35. The number of benzene rings is 2. The van der Waals surface area contributed by atoms with Crippen LogP contribution >= 0.6 is 11.6 Å². The molecule has 0 bridgehead atoms. The van der Waals surface area contributed by atoms with Crippen molar-refractivity contribution in [3.8, 4) is 0 Å². The van der Waals surface area contributed by atoms with E-state index in [9.17, 15) is 36.2 Å². The predicted octanol–water partition coefficient (Wildman–Crippen LogP) is 7.84. The van der Waals surface area contributed by atoms with Gasteiger partial charge in [0.1, 0.15) is 0 Å². The predicted molar refractivity (Wildman–Crippen MR) is 160 cm³/mol. The Kier molecular flexibility index (Phi) is 9.76. The lowest BCUT2D eigenvalue weighted by Crippen LogP contribution is -2.33. The highest BCUT2D eigenvalue weighted by atomic mass is 35.5. The first kappa shape index (κ1) is 33.8. The Morgan fingerprint density at radius 3 is 2.30 bits per heavy atom. The van der Waals surface area contributed by atoms with E-state index in [4.69, 9.17) is 11.6 Å². The molecule has 1 N–H and O–H groups in total. The average molecular weight is 673 g/mol. The molecule has 250 valence electrons. The molecule has 1 saturated carbocycles. The fraction of sp³-hybridized carbons (Fsp3) is 0.548. The van der Waals surface area contributed by atoms with Gasteiger partial charge in [0.15, 0.2) is 0 Å². The molecule has 0 radical (unpaired) electrons. The second kappa shape index (κ2) is 13.3. The maximum absolute atomic E-state index is 14.2. The van der Waals surface area contributed by atoms with E-state index >= 15 is 0 Å². The number of anilines is 2. The molecule has 1 atom stereocenters. The molecule has 3 aromatic rings. The molecule has 46 heavy (non-hydrogen) atoms. The van der Waals surface area contributed by atoms with Crippen LogP contribution in [0.15, 0.2) is 30.3 Å². The van der Waals surface area contributed by atoms with Gasteiger partial charge in [-0.15, -0.1) is 5.10 Å². The van der Waals surface area contributed by atoms with E-state index in [-0.39, 0.29) is 46.9 Å². The number of carboxylic acids is 1. The number of tetrazole rings is 1. The molecule has 1 aliphatic carbocycles. The number of alkyl halides is 6. The molecule has 2 aliphatic rings. The molecular weight excluding hydrogens is 638 g/mol. The van der Waals surface area contributed by atoms with E-state index < -0.39 is 35.5 Å². The number of aryl methyl sites for hydroxylation is 2. The zero-order valence-electron chi connectivity index (χ0n) is 25.4. The summed E-state index contributed by atoms with van der Waals surface area (Å²) in [4.78, 5) is 16.1. The number of nitrogens with zero attached hydrogens (tertiary/aromatic N) is 6. The summed E-state index contributed by atoms with van der Waals surface area (Å²) in [5, 5.41) is 21.5. The highest BCUT2D eigenvalue weighted by Gasteiger charge is 2.38. The van der Waals surface area contributed by atoms with Crippen molar-refractivity contribution < 1.29 is 36.2 Å². The summed E-state index contributed by atoms with van der Waals surface area (Å²) in [7, 11) is 1.55. The summed E-state index contributed by atoms with van der Waals surface area (Å²) in [5.74, 6) is -0.447. The van der Waals surface area contributed by atoms with Crippen molar-refractivity contribution in [2.75, 3.05) is 22.9 Å². The van der Waals surface area contributed by atoms with Crippen LogP contribution in [0, 0.1) is 18.8 Å². The summed E-state index contributed by atoms with van der Waals surface area (Å²) in [5.41, 5.74) is -0.413. The minimum atomic E-state index is -4.64. The van der Waals surface area contributed by atoms with Gasteiger partial charge in [-0.1, -0.05) is 22.8 Å². The largest absolute Gasteiger partial charge is 0.481 e. The van der Waals surface area contributed by atoms with Gasteiger partial charge in [-0.05, 0) is 103 Å². The van der Waals surface area contributed by atoms with Crippen molar-refractivity contribution in [3.63, 3.8) is 0 Å². The van der Waals surface area contributed by atoms with Crippen LogP contribution in [0.25, 0.3) is 0 Å². The number of rotatable bonds is 8. The molecule has 2 aromatic carbocycles. The quantitative estimate of drug-likeness (QED) is 0.244. The number of hydrogen-bond acceptors (Lipinski definition) is 6. The van der Waals surface area contributed by atoms with Gasteiger partial charge in [0, 0.05) is 36.8 Å². The molecule has 5 rings (SSSR count). The molecule has 0 amide bonds. The van der Waals surface area contributed by atoms with E-state index in [1.807, 2.05) is 4.90 Å². The second-order valence-electron chi connectivity index (χ2n) is 12.4. The highest BCUT2D eigenvalue weighted by molar-refractivity contribution is 6.30. The molecule has 8 nitrogen and oxygen atoms in total. The molecule has 1 aliphatic heterocycles. The maximum atomic E-state index is 14.2. The van der Waals surface area contributed by atoms with Crippen LogP contribution in [0.2, 0.25) is 5.02 Å². The third kappa shape index (κ3) is 7.87. The molecule has 0 saturated heterocycles. The van der Waals surface area contributed by atoms with E-state index in [0.29, 0.717) is 37.2 Å². The molecule has 1 fully saturated rings. The molecule has 2 heterocycles. The Morgan fingerprint density at radius 1 is 1.00 bits per heavy atom. The zero-order chi connectivity index (χ0) is 33.4. The van der Waals surface area contributed by atoms with Crippen LogP contribution in [-0.4, -0.2) is 44.4 Å². The summed E-state index contributed by atoms with van der Waals surface area (Å²) in [6.45, 7) is 2.27. The number of carbonyl (C=O) groups is 1. The van der Waals surface area contributed by atoms with E-state index in [2.05, 4.69) is 15.4 Å². The van der Waals surface area contributed by atoms with Crippen LogP contribution < -0.4 is 9.80 Å². The van der Waals surface area contributed by atoms with Crippen LogP contribution in [0.5, 0.6) is 0 Å². The first-order chi connectivity index (χ1) is 21.6. The van der Waals surface area contributed by atoms with Gasteiger partial charge in [-0.3, -0.25) is 4.79 Å². The van der Waals surface area contributed by atoms with Crippen LogP contribution in [-0.2, 0) is 30.7 Å². The molecule has 15 heteroatoms. The molecule has 0 spiro atoms. The Morgan fingerprint density at radius 2 is 1.70 bits per heavy atom. The van der Waals surface area contributed by atoms with E-state index in [1.54, 1.807) is 11.9 Å². The number of hydrogen-bond donors (Lipinski definition) is 1. The minimum absolute atomic E-state index is 0.0291. The van der Waals surface area contributed by atoms with Gasteiger partial charge < -0.3 is 14.9 Å². The van der Waals surface area contributed by atoms with E-state index in [0.717, 1.165) is 37.8 Å². The molecular formula is C31H35ClF6N6O2. The third-order valence-corrected chi connectivity index (χ3v) is 9.18. The SMILES string of the molecule is Cc1cc2c(cc1C(F)(F)F)N(C[C@H]1CC[C@H](CC(=O)O)CC1)CCC[C@@H]2N(Cc1cc(Cl)cc(C(F)(F)F)c1)c1nnn(C)n1. The van der Waals surface area contributed by atoms with Crippen LogP contribution in [0.3, 0.4) is 0 Å². The number of carboxylic acid groups (broad SMARTS) is 1. The topological polar surface area (TPSA) is 87.4 Å². The first-order valence-electron chi connectivity index (χ1n) is 15.1. The molecule has 1 aromatic heterocycles. The maximum Gasteiger partial charge on any atom is 0.416 e. The van der Waals surface area contributed by atoms with Crippen molar-refractivity contribution in [1.29, 1.82) is 0 Å². The van der Waals surface area contributed by atoms with Gasteiger partial charge in [0.25, 0.3) is 5.95 Å². The van der Waals surface area contributed by atoms with Gasteiger partial charge in [0.05, 0.1) is 24.2 Å². The Labute approximate surface area is 267 Å². The fourth-order valence-electron chi connectivity index (χ4n) is 6.82. The van der Waals surface area contributed by atoms with Crippen LogP contribution in [0.4, 0.5) is 38.0 Å². The summed E-state index contributed by atoms with van der Waals surface area (Å²) < 4.78 is 83.7. The summed E-state index contributed by atoms with van der Waals surface area (Å²) >= 11 is 6.10. The Hall–Kier alpha value is -3.55. The van der Waals surface area contributed by atoms with Crippen molar-refractivity contribution in [3.05, 3.63) is 63.2 Å². The van der Waals surface area contributed by atoms with Gasteiger partial charge in [-0.25, -0.2) is 0 Å². The highest BCUT2D eigenvalue weighted by Crippen LogP contribution is 2.44. The molecule has 0 unspecified atom stereocenters. The third-order valence-electron chi connectivity index (χ3n) is 8.96. The lowest BCUT2D eigenvalue weighted by atomic mass is 9.80. The van der Waals surface area contributed by atoms with E-state index in [1.165, 1.54) is 29.9 Å². The van der Waals surface area contributed by atoms with Crippen LogP contribution in [0.1, 0.15) is 78.8 Å². The van der Waals surface area contributed by atoms with Crippen molar-refractivity contribution in [2.45, 2.75) is 76.8 Å². The lowest BCUT2D eigenvalue weighted by molar-refractivity contribution is -0.139. The Bertz CT molecular complexity index is 1550. The second-order valence-corrected chi connectivity index (χ2v) is 12.8. The monoisotopic (exact) mass is 672 g/mol. The zero-order valence-corrected chi connectivity index (χ0v) is 26.1. The van der Waals surface area contributed by atoms with Crippen molar-refractivity contribution in [1.82, 2.24) is 20.2 Å². The standard InChI is InChI=1S/C31H35ClF6N6O2/c1-18-10-24-26(44(29-39-41-42(2)40-29)17-21-11-22(30(33,34)35)14-23(32)12-21)4-3-9-43(27(24)15-25(18)31(36,37)38)16-20-7-5-19(6-8-20)13-28(45)46/h10-12,14-15,19-20,26H,3-9,13,16-17H2,1-2H3,(H,45,46)/t19-,20-,26-/m0/s1. The number of aromatic nitrogens is 4. The van der Waals surface area contributed by atoms with Crippen molar-refractivity contribution >= 4 is 29.2 Å². The first-order valence-corrected chi connectivity index (χ1v) is 15.5. The fourth-order valence-corrected chi connectivity index (χ4v) is 7.08. The number of halogens is 7. The summed E-state index contributed by atoms with van der Waals surface area (Å²) in [6, 6.07) is 5.37.